The molecular formula is C14H18FN3O. The van der Waals surface area contributed by atoms with Gasteiger partial charge in [-0.2, -0.15) is 4.98 Å². The predicted octanol–water partition coefficient (Wildman–Crippen LogP) is 3.23. The molecule has 4 nitrogen and oxygen atoms in total. The van der Waals surface area contributed by atoms with E-state index in [1.807, 2.05) is 20.8 Å². The zero-order valence-electron chi connectivity index (χ0n) is 11.6. The number of rotatable bonds is 2. The number of benzene rings is 1. The van der Waals surface area contributed by atoms with Gasteiger partial charge in [0.15, 0.2) is 0 Å². The first-order valence-electron chi connectivity index (χ1n) is 6.15. The van der Waals surface area contributed by atoms with Crippen molar-refractivity contribution in [3.05, 3.63) is 35.5 Å². The third-order valence-electron chi connectivity index (χ3n) is 3.07. The molecule has 0 spiro atoms. The Labute approximate surface area is 111 Å². The number of nitrogens with zero attached hydrogens (tertiary/aromatic N) is 2. The van der Waals surface area contributed by atoms with Crippen molar-refractivity contribution < 1.29 is 8.91 Å². The van der Waals surface area contributed by atoms with Gasteiger partial charge in [0.2, 0.25) is 11.7 Å². The summed E-state index contributed by atoms with van der Waals surface area (Å²) in [5.74, 6) is 0.551. The van der Waals surface area contributed by atoms with E-state index < -0.39 is 0 Å². The van der Waals surface area contributed by atoms with Gasteiger partial charge in [0, 0.05) is 5.56 Å². The Bertz CT molecular complexity index is 587. The number of aromatic nitrogens is 2. The highest BCUT2D eigenvalue weighted by atomic mass is 19.1. The molecule has 0 aliphatic heterocycles. The summed E-state index contributed by atoms with van der Waals surface area (Å²) in [4.78, 5) is 4.31. The van der Waals surface area contributed by atoms with Crippen molar-refractivity contribution >= 4 is 0 Å². The average Bonchev–Trinajstić information content (AvgIpc) is 2.75. The minimum absolute atomic E-state index is 0.165. The highest BCUT2D eigenvalue weighted by molar-refractivity contribution is 5.59. The summed E-state index contributed by atoms with van der Waals surface area (Å²) >= 11 is 0. The van der Waals surface area contributed by atoms with E-state index >= 15 is 0 Å². The molecule has 0 radical (unpaired) electrons. The monoisotopic (exact) mass is 263 g/mol. The van der Waals surface area contributed by atoms with E-state index in [0.717, 1.165) is 11.1 Å². The number of nitrogens with two attached hydrogens (primary N) is 1. The van der Waals surface area contributed by atoms with Gasteiger partial charge in [-0.15, -0.1) is 0 Å². The molecule has 0 saturated carbocycles. The van der Waals surface area contributed by atoms with Crippen molar-refractivity contribution in [3.63, 3.8) is 0 Å². The second-order valence-corrected chi connectivity index (χ2v) is 5.76. The largest absolute Gasteiger partial charge is 0.337 e. The van der Waals surface area contributed by atoms with Crippen LogP contribution in [0.25, 0.3) is 11.4 Å². The minimum atomic E-state index is -0.338. The van der Waals surface area contributed by atoms with Crippen molar-refractivity contribution in [1.82, 2.24) is 10.1 Å². The fourth-order valence-electron chi connectivity index (χ4n) is 1.72. The second kappa shape index (κ2) is 4.74. The molecule has 0 fully saturated rings. The molecule has 2 N–H and O–H groups in total. The summed E-state index contributed by atoms with van der Waals surface area (Å²) in [6, 6.07) is 4.12. The smallest absolute Gasteiger partial charge is 0.244 e. The van der Waals surface area contributed by atoms with E-state index in [0.29, 0.717) is 11.7 Å². The van der Waals surface area contributed by atoms with E-state index in [1.165, 1.54) is 12.1 Å². The van der Waals surface area contributed by atoms with Gasteiger partial charge in [0.25, 0.3) is 0 Å². The fourth-order valence-corrected chi connectivity index (χ4v) is 1.72. The van der Waals surface area contributed by atoms with E-state index in [2.05, 4.69) is 10.1 Å². The van der Waals surface area contributed by atoms with Crippen LogP contribution in [0.1, 0.15) is 38.3 Å². The molecule has 5 heteroatoms. The van der Waals surface area contributed by atoms with Crippen LogP contribution in [0.4, 0.5) is 4.39 Å². The summed E-state index contributed by atoms with van der Waals surface area (Å²) in [6.45, 7) is 7.82. The van der Waals surface area contributed by atoms with Gasteiger partial charge in [-0.1, -0.05) is 25.9 Å². The Morgan fingerprint density at radius 3 is 2.58 bits per heavy atom. The maximum absolute atomic E-state index is 13.1. The summed E-state index contributed by atoms with van der Waals surface area (Å²) in [7, 11) is 0. The maximum atomic E-state index is 13.1. The van der Waals surface area contributed by atoms with Crippen LogP contribution in [-0.2, 0) is 0 Å². The molecule has 0 unspecified atom stereocenters. The lowest BCUT2D eigenvalue weighted by molar-refractivity contribution is 0.253. The Morgan fingerprint density at radius 2 is 2.00 bits per heavy atom. The lowest BCUT2D eigenvalue weighted by Crippen LogP contribution is -2.26. The molecule has 0 aliphatic carbocycles. The van der Waals surface area contributed by atoms with Crippen LogP contribution in [0.2, 0.25) is 0 Å². The Hall–Kier alpha value is -1.75. The lowest BCUT2D eigenvalue weighted by Gasteiger charge is -2.23. The minimum Gasteiger partial charge on any atom is -0.337 e. The maximum Gasteiger partial charge on any atom is 0.244 e. The van der Waals surface area contributed by atoms with Gasteiger partial charge in [-0.05, 0) is 36.1 Å². The van der Waals surface area contributed by atoms with Crippen LogP contribution < -0.4 is 5.73 Å². The summed E-state index contributed by atoms with van der Waals surface area (Å²) in [5, 5.41) is 3.92. The number of aryl methyl sites for hydroxylation is 1. The average molecular weight is 263 g/mol. The molecule has 102 valence electrons. The second-order valence-electron chi connectivity index (χ2n) is 5.76. The molecule has 2 rings (SSSR count). The summed E-state index contributed by atoms with van der Waals surface area (Å²) in [5.41, 5.74) is 7.41. The van der Waals surface area contributed by atoms with Crippen LogP contribution in [0.15, 0.2) is 22.7 Å². The predicted molar refractivity (Wildman–Crippen MR) is 70.8 cm³/mol. The van der Waals surface area contributed by atoms with Gasteiger partial charge in [-0.3, -0.25) is 0 Å². The number of hydrogen-bond acceptors (Lipinski definition) is 4. The van der Waals surface area contributed by atoms with Crippen LogP contribution in [-0.4, -0.2) is 10.1 Å². The van der Waals surface area contributed by atoms with Crippen molar-refractivity contribution in [2.75, 3.05) is 0 Å². The Morgan fingerprint density at radius 1 is 1.32 bits per heavy atom. The molecule has 2 aromatic rings. The van der Waals surface area contributed by atoms with Crippen molar-refractivity contribution in [3.8, 4) is 11.4 Å². The van der Waals surface area contributed by atoms with Crippen molar-refractivity contribution in [1.29, 1.82) is 0 Å². The first kappa shape index (κ1) is 13.7. The van der Waals surface area contributed by atoms with E-state index in [4.69, 9.17) is 10.3 Å². The van der Waals surface area contributed by atoms with E-state index in [1.54, 1.807) is 13.0 Å². The zero-order chi connectivity index (χ0) is 14.2. The number of halogens is 1. The fraction of sp³-hybridized carbons (Fsp3) is 0.429. The molecule has 1 heterocycles. The van der Waals surface area contributed by atoms with Gasteiger partial charge >= 0.3 is 0 Å². The third-order valence-corrected chi connectivity index (χ3v) is 3.07. The quantitative estimate of drug-likeness (QED) is 0.903. The standard InChI is InChI=1S/C14H18FN3O/c1-8-7-9(15)5-6-10(8)12-17-13(19-18-12)11(16)14(2,3)4/h5-7,11H,16H2,1-4H3/t11-/m1/s1. The molecule has 0 amide bonds. The summed E-state index contributed by atoms with van der Waals surface area (Å²) in [6.07, 6.45) is 0. The third kappa shape index (κ3) is 2.81. The van der Waals surface area contributed by atoms with Crippen molar-refractivity contribution in [2.24, 2.45) is 11.1 Å². The van der Waals surface area contributed by atoms with Gasteiger partial charge in [0.1, 0.15) is 5.82 Å². The topological polar surface area (TPSA) is 64.9 Å². The molecule has 19 heavy (non-hydrogen) atoms. The van der Waals surface area contributed by atoms with Gasteiger partial charge in [0.05, 0.1) is 6.04 Å². The van der Waals surface area contributed by atoms with E-state index in [9.17, 15) is 4.39 Å². The van der Waals surface area contributed by atoms with Crippen LogP contribution in [0, 0.1) is 18.2 Å². The molecule has 0 saturated heterocycles. The van der Waals surface area contributed by atoms with Gasteiger partial charge in [-0.25, -0.2) is 4.39 Å². The van der Waals surface area contributed by atoms with Gasteiger partial charge < -0.3 is 10.3 Å². The SMILES string of the molecule is Cc1cc(F)ccc1-c1noc([C@@H](N)C(C)(C)C)n1. The first-order valence-corrected chi connectivity index (χ1v) is 6.15. The molecule has 1 atom stereocenters. The number of hydrogen-bond donors (Lipinski definition) is 1. The lowest BCUT2D eigenvalue weighted by atomic mass is 9.87. The molecular weight excluding hydrogens is 245 g/mol. The van der Waals surface area contributed by atoms with Crippen molar-refractivity contribution in [2.45, 2.75) is 33.7 Å². The van der Waals surface area contributed by atoms with Crippen LogP contribution >= 0.6 is 0 Å². The molecule has 0 bridgehead atoms. The normalized spacial score (nSPS) is 13.6. The molecule has 0 aliphatic rings. The zero-order valence-corrected chi connectivity index (χ0v) is 11.6. The van der Waals surface area contributed by atoms with E-state index in [-0.39, 0.29) is 17.3 Å². The Balaban J connectivity index is 2.36. The first-order chi connectivity index (χ1) is 8.79. The highest BCUT2D eigenvalue weighted by Gasteiger charge is 2.27. The Kier molecular flexibility index (Phi) is 3.41. The molecule has 1 aromatic heterocycles. The highest BCUT2D eigenvalue weighted by Crippen LogP contribution is 2.31. The summed E-state index contributed by atoms with van der Waals surface area (Å²) < 4.78 is 18.3. The van der Waals surface area contributed by atoms with Crippen LogP contribution in [0.5, 0.6) is 0 Å². The molecule has 1 aromatic carbocycles. The van der Waals surface area contributed by atoms with Crippen LogP contribution in [0.3, 0.4) is 0 Å².